The van der Waals surface area contributed by atoms with E-state index in [2.05, 4.69) is 187 Å². The molecular formula is C54H41N3. The molecule has 0 unspecified atom stereocenters. The third-order valence-corrected chi connectivity index (χ3v) is 10.7. The summed E-state index contributed by atoms with van der Waals surface area (Å²) in [5.74, 6) is 0. The van der Waals surface area contributed by atoms with Gasteiger partial charge in [-0.1, -0.05) is 164 Å². The van der Waals surface area contributed by atoms with E-state index in [1.165, 1.54) is 39.0 Å². The van der Waals surface area contributed by atoms with Gasteiger partial charge < -0.3 is 0 Å². The summed E-state index contributed by atoms with van der Waals surface area (Å²) in [6.45, 7) is 2.03. The van der Waals surface area contributed by atoms with Crippen molar-refractivity contribution >= 4 is 28.0 Å². The van der Waals surface area contributed by atoms with E-state index in [4.69, 9.17) is 9.98 Å². The molecule has 9 rings (SSSR count). The summed E-state index contributed by atoms with van der Waals surface area (Å²) in [7, 11) is 0. The molecular weight excluding hydrogens is 691 g/mol. The van der Waals surface area contributed by atoms with Crippen molar-refractivity contribution in [2.45, 2.75) is 19.8 Å². The molecule has 5 aromatic carbocycles. The van der Waals surface area contributed by atoms with Crippen LogP contribution >= 0.6 is 0 Å². The smallest absolute Gasteiger partial charge is 0.0702 e. The van der Waals surface area contributed by atoms with Crippen LogP contribution in [0, 0.1) is 6.92 Å². The van der Waals surface area contributed by atoms with Gasteiger partial charge in [-0.3, -0.25) is 15.0 Å². The number of aryl methyl sites for hydroxylation is 1. The van der Waals surface area contributed by atoms with Crippen LogP contribution < -0.4 is 0 Å². The first-order chi connectivity index (χ1) is 28.2. The number of aliphatic imine (C=N–C) groups is 1. The highest BCUT2D eigenvalue weighted by Crippen LogP contribution is 2.41. The number of nitrogens with zero attached hydrogens (tertiary/aromatic N) is 3. The second-order valence-electron chi connectivity index (χ2n) is 14.4. The van der Waals surface area contributed by atoms with E-state index in [1.54, 1.807) is 0 Å². The van der Waals surface area contributed by atoms with Crippen LogP contribution in [0.15, 0.2) is 212 Å². The maximum Gasteiger partial charge on any atom is 0.0702 e. The van der Waals surface area contributed by atoms with E-state index >= 15 is 0 Å². The third kappa shape index (κ3) is 7.69. The summed E-state index contributed by atoms with van der Waals surface area (Å²) < 4.78 is 0. The molecule has 0 saturated carbocycles. The average molecular weight is 732 g/mol. The van der Waals surface area contributed by atoms with Gasteiger partial charge in [0.05, 0.1) is 11.4 Å². The molecule has 0 fully saturated rings. The Morgan fingerprint density at radius 3 is 1.63 bits per heavy atom. The molecule has 1 aliphatic heterocycles. The van der Waals surface area contributed by atoms with Gasteiger partial charge >= 0.3 is 0 Å². The Kier molecular flexibility index (Phi) is 10.1. The number of hydrogen-bond donors (Lipinski definition) is 0. The lowest BCUT2D eigenvalue weighted by molar-refractivity contribution is 1.20. The fraction of sp³-hybridized carbons (Fsp3) is 0.0556. The fourth-order valence-electron chi connectivity index (χ4n) is 7.74. The van der Waals surface area contributed by atoms with Crippen LogP contribution in [0.3, 0.4) is 0 Å². The molecule has 0 atom stereocenters. The zero-order valence-electron chi connectivity index (χ0n) is 31.9. The Morgan fingerprint density at radius 1 is 0.421 bits per heavy atom. The van der Waals surface area contributed by atoms with Crippen molar-refractivity contribution in [1.29, 1.82) is 0 Å². The molecule has 1 aliphatic carbocycles. The maximum atomic E-state index is 5.00. The van der Waals surface area contributed by atoms with E-state index in [-0.39, 0.29) is 0 Å². The van der Waals surface area contributed by atoms with Crippen LogP contribution in [0.4, 0.5) is 0 Å². The molecule has 3 heteroatoms. The first-order valence-corrected chi connectivity index (χ1v) is 19.5. The normalized spacial score (nSPS) is 14.0. The summed E-state index contributed by atoms with van der Waals surface area (Å²) in [5.41, 5.74) is 19.1. The molecule has 0 amide bonds. The van der Waals surface area contributed by atoms with Crippen LogP contribution in [0.25, 0.3) is 55.8 Å². The molecule has 0 N–H and O–H groups in total. The van der Waals surface area contributed by atoms with Gasteiger partial charge in [-0.2, -0.15) is 0 Å². The lowest BCUT2D eigenvalue weighted by Gasteiger charge is -2.15. The van der Waals surface area contributed by atoms with Crippen LogP contribution in [0.2, 0.25) is 0 Å². The lowest BCUT2D eigenvalue weighted by atomic mass is 9.89. The number of benzene rings is 5. The minimum absolute atomic E-state index is 0.755. The number of allylic oxidation sites excluding steroid dienone is 9. The van der Waals surface area contributed by atoms with E-state index < -0.39 is 0 Å². The Labute approximate surface area is 335 Å². The lowest BCUT2D eigenvalue weighted by Crippen LogP contribution is -1.94. The Balaban J connectivity index is 1.18. The van der Waals surface area contributed by atoms with E-state index in [9.17, 15) is 0 Å². The largest absolute Gasteiger partial charge is 0.261 e. The molecule has 57 heavy (non-hydrogen) atoms. The van der Waals surface area contributed by atoms with Crippen molar-refractivity contribution in [3.8, 4) is 33.5 Å². The predicted molar refractivity (Wildman–Crippen MR) is 239 cm³/mol. The van der Waals surface area contributed by atoms with Crippen molar-refractivity contribution < 1.29 is 0 Å². The molecule has 2 aliphatic rings. The summed E-state index contributed by atoms with van der Waals surface area (Å²) in [4.78, 5) is 14.6. The predicted octanol–water partition coefficient (Wildman–Crippen LogP) is 13.5. The number of rotatable bonds is 8. The van der Waals surface area contributed by atoms with Gasteiger partial charge in [-0.25, -0.2) is 0 Å². The molecule has 0 bridgehead atoms. The molecule has 0 radical (unpaired) electrons. The standard InChI is InChI=1S/C54H41N3/c1-38-27-28-44(35-55-38)50-23-11-9-21-48(50)42-30-29-41(47-20-8-10-22-49(47)43-19-14-26-53(56-36-43)39-15-4-2-5-16-39)33-46(34-42)52-25-13-12-24-51(52)45-31-32-54(57-37-45)40-17-6-3-7-18-40/h2-18,20-29,31-37H,19,30H2,1H3. The summed E-state index contributed by atoms with van der Waals surface area (Å²) in [5, 5.41) is 0. The van der Waals surface area contributed by atoms with Crippen molar-refractivity contribution in [1.82, 2.24) is 9.97 Å². The minimum atomic E-state index is 0.755. The van der Waals surface area contributed by atoms with Gasteiger partial charge in [0.2, 0.25) is 0 Å². The topological polar surface area (TPSA) is 38.1 Å². The highest BCUT2D eigenvalue weighted by Gasteiger charge is 2.19. The van der Waals surface area contributed by atoms with Gasteiger partial charge in [-0.05, 0) is 99.7 Å². The third-order valence-electron chi connectivity index (χ3n) is 10.7. The number of pyridine rings is 2. The van der Waals surface area contributed by atoms with E-state index in [0.717, 1.165) is 68.9 Å². The molecule has 3 heterocycles. The number of hydrogen-bond acceptors (Lipinski definition) is 3. The van der Waals surface area contributed by atoms with E-state index in [0.29, 0.717) is 0 Å². The van der Waals surface area contributed by atoms with Crippen molar-refractivity contribution in [3.05, 3.63) is 240 Å². The molecule has 7 aromatic rings. The van der Waals surface area contributed by atoms with Gasteiger partial charge in [0, 0.05) is 46.5 Å². The van der Waals surface area contributed by atoms with Gasteiger partial charge in [0.15, 0.2) is 0 Å². The summed E-state index contributed by atoms with van der Waals surface area (Å²) in [6, 6.07) is 55.5. The molecule has 3 nitrogen and oxygen atoms in total. The molecule has 2 aromatic heterocycles. The zero-order chi connectivity index (χ0) is 38.4. The monoisotopic (exact) mass is 731 g/mol. The van der Waals surface area contributed by atoms with E-state index in [1.807, 2.05) is 31.5 Å². The van der Waals surface area contributed by atoms with Gasteiger partial charge in [0.1, 0.15) is 0 Å². The highest BCUT2D eigenvalue weighted by molar-refractivity contribution is 6.10. The highest BCUT2D eigenvalue weighted by atomic mass is 14.7. The van der Waals surface area contributed by atoms with Crippen molar-refractivity contribution in [2.24, 2.45) is 4.99 Å². The van der Waals surface area contributed by atoms with Crippen molar-refractivity contribution in [2.75, 3.05) is 0 Å². The molecule has 0 saturated heterocycles. The maximum absolute atomic E-state index is 5.00. The first kappa shape index (κ1) is 35.5. The summed E-state index contributed by atoms with van der Waals surface area (Å²) in [6.07, 6.45) is 19.1. The Morgan fingerprint density at radius 2 is 0.982 bits per heavy atom. The average Bonchev–Trinajstić information content (AvgIpc) is 3.67. The zero-order valence-corrected chi connectivity index (χ0v) is 31.9. The Bertz CT molecular complexity index is 2750. The summed E-state index contributed by atoms with van der Waals surface area (Å²) >= 11 is 0. The second-order valence-corrected chi connectivity index (χ2v) is 14.4. The van der Waals surface area contributed by atoms with Crippen LogP contribution in [-0.4, -0.2) is 15.7 Å². The second kappa shape index (κ2) is 16.2. The quantitative estimate of drug-likeness (QED) is 0.156. The van der Waals surface area contributed by atoms with Crippen LogP contribution in [0.1, 0.15) is 46.4 Å². The van der Waals surface area contributed by atoms with Gasteiger partial charge in [0.25, 0.3) is 0 Å². The van der Waals surface area contributed by atoms with Gasteiger partial charge in [-0.15, -0.1) is 0 Å². The minimum Gasteiger partial charge on any atom is -0.261 e. The molecule has 0 spiro atoms. The Hall–Kier alpha value is -7.23. The van der Waals surface area contributed by atoms with Crippen LogP contribution in [-0.2, 0) is 0 Å². The fourth-order valence-corrected chi connectivity index (χ4v) is 7.74. The SMILES string of the molecule is Cc1ccc(-c2ccccc2C2=CC(c3ccccc3-c3ccc(-c4ccccc4)nc3)=CC(c3ccccc3C3=CN=C(c4ccccc4)C=CC3)=CC2)cn1. The van der Waals surface area contributed by atoms with Crippen LogP contribution in [0.5, 0.6) is 0 Å². The van der Waals surface area contributed by atoms with Crippen molar-refractivity contribution in [3.63, 3.8) is 0 Å². The first-order valence-electron chi connectivity index (χ1n) is 19.5. The number of aromatic nitrogens is 2. The molecule has 272 valence electrons.